The van der Waals surface area contributed by atoms with E-state index in [0.717, 1.165) is 41.7 Å². The first-order valence-electron chi connectivity index (χ1n) is 10.3. The van der Waals surface area contributed by atoms with Crippen LogP contribution in [0.25, 0.3) is 17.4 Å². The highest BCUT2D eigenvalue weighted by Gasteiger charge is 2.23. The Labute approximate surface area is 194 Å². The van der Waals surface area contributed by atoms with Gasteiger partial charge in [-0.25, -0.2) is 4.79 Å². The number of fused-ring (bicyclic) bond motifs is 1. The average molecular weight is 458 g/mol. The average Bonchev–Trinajstić information content (AvgIpc) is 3.41. The van der Waals surface area contributed by atoms with Crippen LogP contribution in [-0.4, -0.2) is 17.0 Å². The number of aromatic carboxylic acids is 1. The van der Waals surface area contributed by atoms with Crippen molar-refractivity contribution in [2.45, 2.75) is 32.6 Å². The summed E-state index contributed by atoms with van der Waals surface area (Å²) in [6, 6.07) is 12.1. The van der Waals surface area contributed by atoms with Crippen LogP contribution >= 0.6 is 11.3 Å². The van der Waals surface area contributed by atoms with Crippen molar-refractivity contribution < 1.29 is 19.1 Å². The zero-order chi connectivity index (χ0) is 23.5. The molecule has 0 saturated heterocycles. The summed E-state index contributed by atoms with van der Waals surface area (Å²) >= 11 is 1.39. The van der Waals surface area contributed by atoms with Gasteiger partial charge in [0, 0.05) is 16.5 Å². The number of thiophene rings is 1. The molecule has 0 aliphatic heterocycles. The lowest BCUT2D eigenvalue weighted by atomic mass is 9.96. The number of benzene rings is 1. The van der Waals surface area contributed by atoms with E-state index in [1.165, 1.54) is 29.5 Å². The summed E-state index contributed by atoms with van der Waals surface area (Å²) in [7, 11) is 0. The molecule has 3 aromatic rings. The predicted octanol–water partition coefficient (Wildman–Crippen LogP) is 5.31. The lowest BCUT2D eigenvalue weighted by Gasteiger charge is -2.09. The summed E-state index contributed by atoms with van der Waals surface area (Å²) in [5, 5.41) is 31.5. The number of amides is 1. The van der Waals surface area contributed by atoms with Crippen LogP contribution in [-0.2, 0) is 17.6 Å². The summed E-state index contributed by atoms with van der Waals surface area (Å²) in [6.07, 6.45) is 5.12. The second-order valence-corrected chi connectivity index (χ2v) is 8.79. The molecule has 1 aliphatic rings. The minimum Gasteiger partial charge on any atom is -0.478 e. The van der Waals surface area contributed by atoms with E-state index in [4.69, 9.17) is 4.42 Å². The zero-order valence-corrected chi connectivity index (χ0v) is 18.6. The maximum absolute atomic E-state index is 12.8. The van der Waals surface area contributed by atoms with Crippen LogP contribution in [0.15, 0.2) is 40.3 Å². The van der Waals surface area contributed by atoms with Crippen LogP contribution in [0.4, 0.5) is 5.00 Å². The molecule has 1 aliphatic carbocycles. The van der Waals surface area contributed by atoms with Gasteiger partial charge in [-0.3, -0.25) is 4.79 Å². The molecule has 8 heteroatoms. The van der Waals surface area contributed by atoms with Gasteiger partial charge in [-0.2, -0.15) is 10.5 Å². The summed E-state index contributed by atoms with van der Waals surface area (Å²) in [5.74, 6) is -0.951. The van der Waals surface area contributed by atoms with Gasteiger partial charge in [0.15, 0.2) is 0 Å². The van der Waals surface area contributed by atoms with Crippen molar-refractivity contribution in [3.8, 4) is 23.5 Å². The smallest absolute Gasteiger partial charge is 0.335 e. The fourth-order valence-electron chi connectivity index (χ4n) is 3.83. The Balaban J connectivity index is 1.59. The van der Waals surface area contributed by atoms with Crippen molar-refractivity contribution in [1.82, 2.24) is 0 Å². The molecule has 4 rings (SSSR count). The first-order valence-corrected chi connectivity index (χ1v) is 11.1. The summed E-state index contributed by atoms with van der Waals surface area (Å²) in [4.78, 5) is 25.2. The molecule has 2 N–H and O–H groups in total. The third-order valence-electron chi connectivity index (χ3n) is 5.54. The van der Waals surface area contributed by atoms with Gasteiger partial charge < -0.3 is 14.8 Å². The van der Waals surface area contributed by atoms with E-state index < -0.39 is 11.9 Å². The Hall–Kier alpha value is -4.14. The molecule has 0 radical (unpaired) electrons. The Bertz CT molecular complexity index is 1380. The number of anilines is 1. The summed E-state index contributed by atoms with van der Waals surface area (Å²) < 4.78 is 5.78. The van der Waals surface area contributed by atoms with E-state index in [0.29, 0.717) is 21.9 Å². The molecule has 7 nitrogen and oxygen atoms in total. The zero-order valence-electron chi connectivity index (χ0n) is 17.8. The second kappa shape index (κ2) is 9.15. The van der Waals surface area contributed by atoms with Gasteiger partial charge in [-0.15, -0.1) is 11.3 Å². The fourth-order valence-corrected chi connectivity index (χ4v) is 5.06. The molecule has 1 amide bonds. The summed E-state index contributed by atoms with van der Waals surface area (Å²) in [6.45, 7) is 1.83. The van der Waals surface area contributed by atoms with Crippen molar-refractivity contribution in [1.29, 1.82) is 10.5 Å². The van der Waals surface area contributed by atoms with Crippen molar-refractivity contribution in [3.05, 3.63) is 68.8 Å². The Morgan fingerprint density at radius 1 is 1.18 bits per heavy atom. The molecule has 2 aromatic heterocycles. The largest absolute Gasteiger partial charge is 0.478 e. The molecule has 33 heavy (non-hydrogen) atoms. The number of nitriles is 2. The van der Waals surface area contributed by atoms with Gasteiger partial charge in [0.1, 0.15) is 34.2 Å². The second-order valence-electron chi connectivity index (χ2n) is 7.69. The molecule has 0 saturated carbocycles. The number of nitrogens with one attached hydrogen (secondary N) is 1. The van der Waals surface area contributed by atoms with Crippen LogP contribution in [0, 0.1) is 29.6 Å². The van der Waals surface area contributed by atoms with Gasteiger partial charge in [-0.05, 0) is 68.0 Å². The lowest BCUT2D eigenvalue weighted by molar-refractivity contribution is -0.112. The maximum Gasteiger partial charge on any atom is 0.335 e. The van der Waals surface area contributed by atoms with E-state index in [-0.39, 0.29) is 16.9 Å². The van der Waals surface area contributed by atoms with Crippen LogP contribution in [0.3, 0.4) is 0 Å². The number of rotatable bonds is 5. The Morgan fingerprint density at radius 2 is 1.97 bits per heavy atom. The molecule has 1 aromatic carbocycles. The SMILES string of the molecule is Cc1ccc(C(=O)O)cc1-c1ccc(C=C(C#N)C(=O)Nc2sc3c(c2C#N)CCCC3)o1. The normalized spacial score (nSPS) is 13.0. The van der Waals surface area contributed by atoms with E-state index in [9.17, 15) is 25.2 Å². The van der Waals surface area contributed by atoms with Crippen LogP contribution in [0.5, 0.6) is 0 Å². The third kappa shape index (κ3) is 4.43. The van der Waals surface area contributed by atoms with Gasteiger partial charge in [0.2, 0.25) is 0 Å². The quantitative estimate of drug-likeness (QED) is 0.395. The maximum atomic E-state index is 12.8. The molecule has 164 valence electrons. The predicted molar refractivity (Wildman–Crippen MR) is 124 cm³/mol. The van der Waals surface area contributed by atoms with Gasteiger partial charge in [-0.1, -0.05) is 6.07 Å². The minimum absolute atomic E-state index is 0.133. The molecule has 2 heterocycles. The lowest BCUT2D eigenvalue weighted by Crippen LogP contribution is -2.13. The van der Waals surface area contributed by atoms with E-state index in [2.05, 4.69) is 11.4 Å². The van der Waals surface area contributed by atoms with Gasteiger partial charge >= 0.3 is 5.97 Å². The van der Waals surface area contributed by atoms with Crippen LogP contribution < -0.4 is 5.32 Å². The van der Waals surface area contributed by atoms with E-state index in [1.54, 1.807) is 18.2 Å². The Kier molecular flexibility index (Phi) is 6.12. The Morgan fingerprint density at radius 3 is 2.70 bits per heavy atom. The van der Waals surface area contributed by atoms with Crippen LogP contribution in [0.2, 0.25) is 0 Å². The highest BCUT2D eigenvalue weighted by atomic mass is 32.1. The minimum atomic E-state index is -1.04. The number of carboxylic acid groups (broad SMARTS) is 1. The van der Waals surface area contributed by atoms with E-state index in [1.807, 2.05) is 13.0 Å². The standard InChI is InChI=1S/C25H19N3O4S/c1-14-6-7-15(25(30)31)11-19(14)21-9-8-17(32-21)10-16(12-26)23(29)28-24-20(13-27)18-4-2-3-5-22(18)33-24/h6-11H,2-5H2,1H3,(H,28,29)(H,30,31). The van der Waals surface area contributed by atoms with Gasteiger partial charge in [0.25, 0.3) is 5.91 Å². The summed E-state index contributed by atoms with van der Waals surface area (Å²) in [5.41, 5.74) is 2.89. The first-order chi connectivity index (χ1) is 15.9. The monoisotopic (exact) mass is 457 g/mol. The van der Waals surface area contributed by atoms with Crippen LogP contribution in [0.1, 0.15) is 50.5 Å². The molecule has 0 bridgehead atoms. The fraction of sp³-hybridized carbons (Fsp3) is 0.200. The highest BCUT2D eigenvalue weighted by Crippen LogP contribution is 2.38. The van der Waals surface area contributed by atoms with Crippen molar-refractivity contribution in [2.75, 3.05) is 5.32 Å². The first kappa shape index (κ1) is 22.1. The number of carboxylic acids is 1. The number of nitrogens with zero attached hydrogens (tertiary/aromatic N) is 2. The van der Waals surface area contributed by atoms with Crippen molar-refractivity contribution >= 4 is 34.3 Å². The number of carbonyl (C=O) groups is 2. The van der Waals surface area contributed by atoms with E-state index >= 15 is 0 Å². The molecule has 0 atom stereocenters. The third-order valence-corrected chi connectivity index (χ3v) is 6.75. The molecule has 0 spiro atoms. The molecular weight excluding hydrogens is 438 g/mol. The number of hydrogen-bond donors (Lipinski definition) is 2. The number of hydrogen-bond acceptors (Lipinski definition) is 6. The topological polar surface area (TPSA) is 127 Å². The number of carbonyl (C=O) groups excluding carboxylic acids is 1. The van der Waals surface area contributed by atoms with Crippen molar-refractivity contribution in [2.24, 2.45) is 0 Å². The molecule has 0 fully saturated rings. The molecular formula is C25H19N3O4S. The molecule has 0 unspecified atom stereocenters. The van der Waals surface area contributed by atoms with Crippen molar-refractivity contribution in [3.63, 3.8) is 0 Å². The number of furan rings is 1. The highest BCUT2D eigenvalue weighted by molar-refractivity contribution is 7.16. The number of aryl methyl sites for hydroxylation is 2. The van der Waals surface area contributed by atoms with Gasteiger partial charge in [0.05, 0.1) is 11.1 Å².